The van der Waals surface area contributed by atoms with Crippen LogP contribution in [-0.4, -0.2) is 23.0 Å². The summed E-state index contributed by atoms with van der Waals surface area (Å²) in [6, 6.07) is 24.4. The zero-order chi connectivity index (χ0) is 20.1. The summed E-state index contributed by atoms with van der Waals surface area (Å²) in [6.45, 7) is 0. The minimum atomic E-state index is -1.13. The van der Waals surface area contributed by atoms with Crippen molar-refractivity contribution in [2.45, 2.75) is 0 Å². The third-order valence-corrected chi connectivity index (χ3v) is 3.04. The molecule has 3 rings (SSSR count). The monoisotopic (exact) mass is 410 g/mol. The van der Waals surface area contributed by atoms with E-state index in [4.69, 9.17) is 5.11 Å². The summed E-state index contributed by atoms with van der Waals surface area (Å²) in [7, 11) is 0. The first-order valence-corrected chi connectivity index (χ1v) is 7.73. The van der Waals surface area contributed by atoms with Crippen molar-refractivity contribution in [3.05, 3.63) is 108 Å². The first kappa shape index (κ1) is 29.3. The number of carboxylic acid groups (broad SMARTS) is 3. The predicted molar refractivity (Wildman–Crippen MR) is 94.9 cm³/mol. The molecule has 0 aliphatic carbocycles. The number of carbonyl (C=O) groups excluding carboxylic acids is 2. The van der Waals surface area contributed by atoms with E-state index in [9.17, 15) is 24.6 Å². The molecule has 0 spiro atoms. The zero-order valence-corrected chi connectivity index (χ0v) is 20.1. The Hall–Kier alpha value is -1.93. The molecular weight excluding hydrogens is 394 g/mol. The summed E-state index contributed by atoms with van der Waals surface area (Å²) in [6.07, 6.45) is 0. The van der Waals surface area contributed by atoms with Gasteiger partial charge in [-0.15, -0.1) is 0 Å². The topological polar surface area (TPSA) is 118 Å². The number of carboxylic acids is 3. The third-order valence-electron chi connectivity index (χ3n) is 3.04. The van der Waals surface area contributed by atoms with Crippen LogP contribution in [0.4, 0.5) is 0 Å². The van der Waals surface area contributed by atoms with Crippen LogP contribution < -0.4 is 69.3 Å². The van der Waals surface area contributed by atoms with Crippen molar-refractivity contribution < 1.29 is 88.8 Å². The smallest absolute Gasteiger partial charge is 0.545 e. The van der Waals surface area contributed by atoms with Gasteiger partial charge in [-0.05, 0) is 23.3 Å². The van der Waals surface area contributed by atoms with Crippen molar-refractivity contribution >= 4 is 17.9 Å². The van der Waals surface area contributed by atoms with Crippen LogP contribution in [0, 0.1) is 0 Å². The minimum Gasteiger partial charge on any atom is -0.545 e. The van der Waals surface area contributed by atoms with Crippen LogP contribution in [0.3, 0.4) is 0 Å². The molecule has 0 atom stereocenters. The summed E-state index contributed by atoms with van der Waals surface area (Å²) in [5, 5.41) is 28.6. The Morgan fingerprint density at radius 1 is 0.517 bits per heavy atom. The number of hydrogen-bond donors (Lipinski definition) is 1. The van der Waals surface area contributed by atoms with Crippen LogP contribution >= 0.6 is 0 Å². The molecule has 3 aromatic rings. The number of benzene rings is 3. The molecule has 0 heterocycles. The van der Waals surface area contributed by atoms with Crippen molar-refractivity contribution in [1.29, 1.82) is 0 Å². The molecule has 0 saturated heterocycles. The second kappa shape index (κ2) is 17.0. The van der Waals surface area contributed by atoms with Gasteiger partial charge >= 0.3 is 65.1 Å². The average molecular weight is 410 g/mol. The molecule has 138 valence electrons. The van der Waals surface area contributed by atoms with E-state index >= 15 is 0 Å². The summed E-state index contributed by atoms with van der Waals surface area (Å²) in [5.41, 5.74) is 0.771. The molecule has 8 heteroatoms. The summed E-state index contributed by atoms with van der Waals surface area (Å²) >= 11 is 0. The van der Waals surface area contributed by atoms with Crippen LogP contribution in [0.2, 0.25) is 0 Å². The van der Waals surface area contributed by atoms with Gasteiger partial charge in [-0.25, -0.2) is 4.79 Å². The number of rotatable bonds is 3. The Balaban J connectivity index is 0. The molecular formula is C21H16Na2O6. The van der Waals surface area contributed by atoms with Crippen LogP contribution in [0.5, 0.6) is 0 Å². The normalized spacial score (nSPS) is 8.28. The van der Waals surface area contributed by atoms with Gasteiger partial charge < -0.3 is 24.9 Å². The first-order valence-electron chi connectivity index (χ1n) is 7.73. The fourth-order valence-corrected chi connectivity index (χ4v) is 1.73. The Bertz CT molecular complexity index is 738. The van der Waals surface area contributed by atoms with Crippen LogP contribution in [0.25, 0.3) is 0 Å². The van der Waals surface area contributed by atoms with Crippen LogP contribution in [0.1, 0.15) is 31.1 Å². The Labute approximate surface area is 212 Å². The second-order valence-corrected chi connectivity index (χ2v) is 4.98. The maximum Gasteiger partial charge on any atom is 1.00 e. The molecule has 0 aliphatic heterocycles. The van der Waals surface area contributed by atoms with E-state index in [1.54, 1.807) is 66.7 Å². The van der Waals surface area contributed by atoms with Crippen LogP contribution in [-0.2, 0) is 0 Å². The van der Waals surface area contributed by atoms with Gasteiger partial charge in [-0.2, -0.15) is 0 Å². The number of carbonyl (C=O) groups is 3. The van der Waals surface area contributed by atoms with Crippen molar-refractivity contribution in [1.82, 2.24) is 0 Å². The van der Waals surface area contributed by atoms with E-state index in [1.165, 1.54) is 24.3 Å². The maximum absolute atomic E-state index is 10.2. The van der Waals surface area contributed by atoms with Crippen molar-refractivity contribution in [2.24, 2.45) is 0 Å². The van der Waals surface area contributed by atoms with E-state index in [0.29, 0.717) is 5.56 Å². The fourth-order valence-electron chi connectivity index (χ4n) is 1.73. The van der Waals surface area contributed by atoms with Gasteiger partial charge in [0.1, 0.15) is 0 Å². The van der Waals surface area contributed by atoms with E-state index in [-0.39, 0.29) is 70.2 Å². The molecule has 0 bridgehead atoms. The Kier molecular flexibility index (Phi) is 17.1. The van der Waals surface area contributed by atoms with Gasteiger partial charge in [-0.1, -0.05) is 78.9 Å². The quantitative estimate of drug-likeness (QED) is 0.435. The van der Waals surface area contributed by atoms with Gasteiger partial charge in [0, 0.05) is 0 Å². The molecule has 6 nitrogen and oxygen atoms in total. The SMILES string of the molecule is O=C(O)c1ccccc1.O=C([O-])c1ccccc1.O=C([O-])c1ccccc1.[Na+].[Na+]. The molecule has 0 radical (unpaired) electrons. The average Bonchev–Trinajstić information content (AvgIpc) is 2.71. The van der Waals surface area contributed by atoms with E-state index in [2.05, 4.69) is 0 Å². The summed E-state index contributed by atoms with van der Waals surface area (Å²) < 4.78 is 0. The van der Waals surface area contributed by atoms with Crippen LogP contribution in [0.15, 0.2) is 91.0 Å². The van der Waals surface area contributed by atoms with Crippen molar-refractivity contribution in [2.75, 3.05) is 0 Å². The molecule has 0 unspecified atom stereocenters. The molecule has 0 fully saturated rings. The summed E-state index contributed by atoms with van der Waals surface area (Å²) in [5.74, 6) is -3.14. The van der Waals surface area contributed by atoms with E-state index in [1.807, 2.05) is 0 Å². The zero-order valence-electron chi connectivity index (χ0n) is 16.1. The molecule has 0 amide bonds. The van der Waals surface area contributed by atoms with Gasteiger partial charge in [0.25, 0.3) is 0 Å². The molecule has 0 aromatic heterocycles. The third kappa shape index (κ3) is 13.0. The van der Waals surface area contributed by atoms with Gasteiger partial charge in [-0.3, -0.25) is 0 Å². The van der Waals surface area contributed by atoms with Gasteiger partial charge in [0.2, 0.25) is 0 Å². The van der Waals surface area contributed by atoms with E-state index < -0.39 is 17.9 Å². The largest absolute Gasteiger partial charge is 1.00 e. The fraction of sp³-hybridized carbons (Fsp3) is 0. The first-order chi connectivity index (χ1) is 12.9. The Morgan fingerprint density at radius 2 is 0.759 bits per heavy atom. The number of aromatic carboxylic acids is 3. The second-order valence-electron chi connectivity index (χ2n) is 4.98. The Morgan fingerprint density at radius 3 is 0.897 bits per heavy atom. The van der Waals surface area contributed by atoms with Gasteiger partial charge in [0.15, 0.2) is 0 Å². The molecule has 3 aromatic carbocycles. The molecule has 0 aliphatic rings. The summed E-state index contributed by atoms with van der Waals surface area (Å²) in [4.78, 5) is 30.4. The molecule has 1 N–H and O–H groups in total. The van der Waals surface area contributed by atoms with Crippen molar-refractivity contribution in [3.63, 3.8) is 0 Å². The van der Waals surface area contributed by atoms with Gasteiger partial charge in [0.05, 0.1) is 17.5 Å². The molecule has 29 heavy (non-hydrogen) atoms. The maximum atomic E-state index is 10.2. The standard InChI is InChI=1S/3C7H6O2.2Na/c3*8-7(9)6-4-2-1-3-5-6;;/h3*1-5H,(H,8,9);;/q;;;2*+1/p-2. The molecule has 0 saturated carbocycles. The van der Waals surface area contributed by atoms with E-state index in [0.717, 1.165) is 0 Å². The van der Waals surface area contributed by atoms with Crippen molar-refractivity contribution in [3.8, 4) is 0 Å². The number of hydrogen-bond acceptors (Lipinski definition) is 5. The predicted octanol–water partition coefficient (Wildman–Crippen LogP) is -4.51. The minimum absolute atomic E-state index is 0.